The number of sulfonamides is 1. The molecule has 0 aliphatic carbocycles. The van der Waals surface area contributed by atoms with Crippen molar-refractivity contribution < 1.29 is 17.9 Å². The Morgan fingerprint density at radius 1 is 1.53 bits per heavy atom. The second-order valence-electron chi connectivity index (χ2n) is 4.21. The zero-order valence-electron chi connectivity index (χ0n) is 10.4. The number of benzene rings is 1. The summed E-state index contributed by atoms with van der Waals surface area (Å²) in [4.78, 5) is 11.6. The molecule has 2 rings (SSSR count). The van der Waals surface area contributed by atoms with Gasteiger partial charge in [0.15, 0.2) is 6.61 Å². The molecule has 19 heavy (non-hydrogen) atoms. The predicted molar refractivity (Wildman–Crippen MR) is 71.5 cm³/mol. The Hall–Kier alpha value is -2.00. The van der Waals surface area contributed by atoms with E-state index in [2.05, 4.69) is 5.92 Å². The normalized spacial score (nSPS) is 13.8. The van der Waals surface area contributed by atoms with Crippen molar-refractivity contribution in [1.29, 1.82) is 0 Å². The maximum atomic E-state index is 11.6. The molecule has 1 aliphatic rings. The lowest BCUT2D eigenvalue weighted by atomic mass is 10.1. The Balaban J connectivity index is 2.28. The minimum absolute atomic E-state index is 0.0780. The van der Waals surface area contributed by atoms with Crippen molar-refractivity contribution >= 4 is 21.7 Å². The molecule has 0 saturated carbocycles. The Kier molecular flexibility index (Phi) is 3.49. The summed E-state index contributed by atoms with van der Waals surface area (Å²) in [5.74, 6) is 1.72. The van der Waals surface area contributed by atoms with Crippen LogP contribution in [0, 0.1) is 12.3 Å². The van der Waals surface area contributed by atoms with E-state index in [1.807, 2.05) is 0 Å². The highest BCUT2D eigenvalue weighted by atomic mass is 32.2. The summed E-state index contributed by atoms with van der Waals surface area (Å²) in [5, 5.41) is 0. The third kappa shape index (κ3) is 2.71. The van der Waals surface area contributed by atoms with Crippen molar-refractivity contribution in [3.05, 3.63) is 29.3 Å². The average molecular weight is 279 g/mol. The second-order valence-corrected chi connectivity index (χ2v) is 6.12. The summed E-state index contributed by atoms with van der Waals surface area (Å²) in [6.07, 6.45) is 6.76. The lowest BCUT2D eigenvalue weighted by Crippen LogP contribution is -2.27. The molecule has 1 aromatic carbocycles. The number of hydrogen-bond acceptors (Lipinski definition) is 4. The van der Waals surface area contributed by atoms with Gasteiger partial charge in [0.25, 0.3) is 0 Å². The number of fused-ring (bicyclic) bond motifs is 1. The van der Waals surface area contributed by atoms with Crippen molar-refractivity contribution in [2.24, 2.45) is 0 Å². The first-order chi connectivity index (χ1) is 8.93. The summed E-state index contributed by atoms with van der Waals surface area (Å²) < 4.78 is 29.3. The highest BCUT2D eigenvalue weighted by molar-refractivity contribution is 7.92. The molecule has 5 nitrogen and oxygen atoms in total. The van der Waals surface area contributed by atoms with Gasteiger partial charge in [0.05, 0.1) is 17.5 Å². The molecule has 0 unspecified atom stereocenters. The number of carbonyl (C=O) groups excluding carboxylic acids is 1. The van der Waals surface area contributed by atoms with Gasteiger partial charge in [-0.3, -0.25) is 4.31 Å². The van der Waals surface area contributed by atoms with Crippen LogP contribution in [0.15, 0.2) is 18.2 Å². The lowest BCUT2D eigenvalue weighted by Gasteiger charge is -2.16. The molecule has 0 spiro atoms. The van der Waals surface area contributed by atoms with E-state index in [0.717, 1.165) is 11.8 Å². The largest absolute Gasteiger partial charge is 0.449 e. The third-order valence-corrected chi connectivity index (χ3v) is 4.03. The van der Waals surface area contributed by atoms with Gasteiger partial charge < -0.3 is 4.74 Å². The topological polar surface area (TPSA) is 63.7 Å². The first-order valence-electron chi connectivity index (χ1n) is 5.64. The van der Waals surface area contributed by atoms with Gasteiger partial charge in [-0.2, -0.15) is 0 Å². The van der Waals surface area contributed by atoms with Gasteiger partial charge in [-0.15, -0.1) is 6.42 Å². The maximum absolute atomic E-state index is 11.6. The van der Waals surface area contributed by atoms with Crippen LogP contribution in [0.4, 0.5) is 5.69 Å². The first-order valence-corrected chi connectivity index (χ1v) is 7.49. The van der Waals surface area contributed by atoms with Crippen LogP contribution in [0.2, 0.25) is 0 Å². The van der Waals surface area contributed by atoms with Crippen molar-refractivity contribution in [3.8, 4) is 12.3 Å². The molecule has 0 bridgehead atoms. The molecule has 1 aliphatic heterocycles. The van der Waals surface area contributed by atoms with E-state index in [1.54, 1.807) is 18.2 Å². The summed E-state index contributed by atoms with van der Waals surface area (Å²) >= 11 is 0. The number of nitrogens with zero attached hydrogens (tertiary/aromatic N) is 1. The van der Waals surface area contributed by atoms with Crippen LogP contribution in [0.5, 0.6) is 0 Å². The summed E-state index contributed by atoms with van der Waals surface area (Å²) in [6.45, 7) is 0.322. The van der Waals surface area contributed by atoms with E-state index in [1.165, 1.54) is 4.31 Å². The van der Waals surface area contributed by atoms with E-state index < -0.39 is 16.0 Å². The van der Waals surface area contributed by atoms with Crippen LogP contribution in [-0.2, 0) is 21.2 Å². The zero-order chi connectivity index (χ0) is 14.0. The van der Waals surface area contributed by atoms with Crippen molar-refractivity contribution in [2.45, 2.75) is 6.42 Å². The Bertz CT molecular complexity index is 658. The predicted octanol–water partition coefficient (Wildman–Crippen LogP) is 0.799. The Labute approximate surface area is 112 Å². The SMILES string of the molecule is C#CCOC(=O)c1ccc2c(c1)CCN2S(C)(=O)=O. The van der Waals surface area contributed by atoms with Crippen LogP contribution in [0.3, 0.4) is 0 Å². The molecular formula is C13H13NO4S. The monoisotopic (exact) mass is 279 g/mol. The fraction of sp³-hybridized carbons (Fsp3) is 0.308. The van der Waals surface area contributed by atoms with Gasteiger partial charge in [0.1, 0.15) is 0 Å². The van der Waals surface area contributed by atoms with Gasteiger partial charge in [0.2, 0.25) is 10.0 Å². The average Bonchev–Trinajstić information content (AvgIpc) is 2.78. The standard InChI is InChI=1S/C13H13NO4S/c1-3-8-18-13(15)11-4-5-12-10(9-11)6-7-14(12)19(2,16)17/h1,4-5,9H,6-8H2,2H3. The fourth-order valence-electron chi connectivity index (χ4n) is 2.03. The van der Waals surface area contributed by atoms with E-state index in [9.17, 15) is 13.2 Å². The summed E-state index contributed by atoms with van der Waals surface area (Å²) in [6, 6.07) is 4.82. The molecule has 0 aromatic heterocycles. The lowest BCUT2D eigenvalue weighted by molar-refractivity contribution is 0.0556. The number of esters is 1. The molecule has 0 radical (unpaired) electrons. The Morgan fingerprint density at radius 2 is 2.26 bits per heavy atom. The number of hydrogen-bond donors (Lipinski definition) is 0. The van der Waals surface area contributed by atoms with E-state index in [0.29, 0.717) is 24.2 Å². The molecule has 100 valence electrons. The van der Waals surface area contributed by atoms with Crippen molar-refractivity contribution in [1.82, 2.24) is 0 Å². The third-order valence-electron chi connectivity index (χ3n) is 2.86. The highest BCUT2D eigenvalue weighted by Gasteiger charge is 2.26. The molecule has 0 fully saturated rings. The van der Waals surface area contributed by atoms with E-state index >= 15 is 0 Å². The van der Waals surface area contributed by atoms with Crippen LogP contribution >= 0.6 is 0 Å². The number of carbonyl (C=O) groups is 1. The fourth-order valence-corrected chi connectivity index (χ4v) is 2.99. The minimum atomic E-state index is -3.27. The molecule has 1 heterocycles. The number of anilines is 1. The molecule has 0 saturated heterocycles. The van der Waals surface area contributed by atoms with Crippen molar-refractivity contribution in [3.63, 3.8) is 0 Å². The maximum Gasteiger partial charge on any atom is 0.339 e. The van der Waals surface area contributed by atoms with Crippen LogP contribution in [0.1, 0.15) is 15.9 Å². The molecule has 0 N–H and O–H groups in total. The zero-order valence-corrected chi connectivity index (χ0v) is 11.2. The highest BCUT2D eigenvalue weighted by Crippen LogP contribution is 2.30. The molecule has 6 heteroatoms. The van der Waals surface area contributed by atoms with Crippen LogP contribution in [0.25, 0.3) is 0 Å². The molecule has 0 atom stereocenters. The summed E-state index contributed by atoms with van der Waals surface area (Å²) in [5.41, 5.74) is 1.82. The molecule has 0 amide bonds. The second kappa shape index (κ2) is 4.94. The van der Waals surface area contributed by atoms with Gasteiger partial charge in [0, 0.05) is 6.54 Å². The smallest absolute Gasteiger partial charge is 0.339 e. The van der Waals surface area contributed by atoms with Gasteiger partial charge in [-0.05, 0) is 30.2 Å². The number of rotatable bonds is 3. The van der Waals surface area contributed by atoms with Crippen molar-refractivity contribution in [2.75, 3.05) is 23.7 Å². The molecular weight excluding hydrogens is 266 g/mol. The molecule has 1 aromatic rings. The number of terminal acetylenes is 1. The van der Waals surface area contributed by atoms with Gasteiger partial charge in [-0.1, -0.05) is 5.92 Å². The van der Waals surface area contributed by atoms with E-state index in [-0.39, 0.29) is 6.61 Å². The van der Waals surface area contributed by atoms with Crippen LogP contribution in [-0.4, -0.2) is 33.8 Å². The minimum Gasteiger partial charge on any atom is -0.449 e. The Morgan fingerprint density at radius 3 is 2.89 bits per heavy atom. The van der Waals surface area contributed by atoms with Crippen LogP contribution < -0.4 is 4.31 Å². The quantitative estimate of drug-likeness (QED) is 0.606. The first kappa shape index (κ1) is 13.4. The van der Waals surface area contributed by atoms with Gasteiger partial charge in [-0.25, -0.2) is 13.2 Å². The number of ether oxygens (including phenoxy) is 1. The van der Waals surface area contributed by atoms with Gasteiger partial charge >= 0.3 is 5.97 Å². The van der Waals surface area contributed by atoms with E-state index in [4.69, 9.17) is 11.2 Å². The summed E-state index contributed by atoms with van der Waals surface area (Å²) in [7, 11) is -3.27.